The van der Waals surface area contributed by atoms with Crippen molar-refractivity contribution in [1.82, 2.24) is 9.78 Å². The third-order valence-electron chi connectivity index (χ3n) is 2.51. The highest BCUT2D eigenvalue weighted by molar-refractivity contribution is 5.73. The normalized spacial score (nSPS) is 12.1. The first-order valence-electron chi connectivity index (χ1n) is 5.37. The van der Waals surface area contributed by atoms with Crippen LogP contribution in [0.15, 0.2) is 12.4 Å². The Balaban J connectivity index is 2.81. The van der Waals surface area contributed by atoms with Gasteiger partial charge in [0.2, 0.25) is 0 Å². The predicted molar refractivity (Wildman–Crippen MR) is 59.5 cm³/mol. The van der Waals surface area contributed by atoms with Crippen LogP contribution in [0.3, 0.4) is 0 Å². The van der Waals surface area contributed by atoms with Crippen molar-refractivity contribution in [2.75, 3.05) is 7.11 Å². The van der Waals surface area contributed by atoms with E-state index in [1.807, 2.05) is 6.92 Å². The summed E-state index contributed by atoms with van der Waals surface area (Å²) in [5.41, 5.74) is 0.750. The smallest absolute Gasteiger partial charge is 0.306 e. The zero-order chi connectivity index (χ0) is 12.8. The summed E-state index contributed by atoms with van der Waals surface area (Å²) in [5, 5.41) is 12.9. The molecule has 0 spiro atoms. The number of hydrogen-bond acceptors (Lipinski definition) is 4. The number of nitrogens with zero attached hydrogens (tertiary/aromatic N) is 2. The van der Waals surface area contributed by atoms with Crippen LogP contribution < -0.4 is 0 Å². The number of carbonyl (C=O) groups excluding carboxylic acids is 1. The van der Waals surface area contributed by atoms with E-state index in [0.717, 1.165) is 5.56 Å². The number of carboxylic acid groups (broad SMARTS) is 1. The van der Waals surface area contributed by atoms with Crippen LogP contribution in [0.25, 0.3) is 0 Å². The van der Waals surface area contributed by atoms with E-state index in [2.05, 4.69) is 9.84 Å². The van der Waals surface area contributed by atoms with Crippen molar-refractivity contribution < 1.29 is 19.4 Å². The summed E-state index contributed by atoms with van der Waals surface area (Å²) in [5.74, 6) is -1.75. The molecule has 0 bridgehead atoms. The Kier molecular flexibility index (Phi) is 4.68. The summed E-state index contributed by atoms with van der Waals surface area (Å²) in [4.78, 5) is 22.0. The zero-order valence-corrected chi connectivity index (χ0v) is 9.92. The summed E-state index contributed by atoms with van der Waals surface area (Å²) in [6.45, 7) is 2.64. The Morgan fingerprint density at radius 2 is 2.24 bits per heavy atom. The molecule has 6 nitrogen and oxygen atoms in total. The molecular formula is C11H16N2O4. The number of aromatic nitrogens is 2. The van der Waals surface area contributed by atoms with Gasteiger partial charge in [0.05, 0.1) is 26.1 Å². The summed E-state index contributed by atoms with van der Waals surface area (Å²) < 4.78 is 6.25. The highest BCUT2D eigenvalue weighted by Gasteiger charge is 2.21. The minimum absolute atomic E-state index is 0.0538. The van der Waals surface area contributed by atoms with Crippen LogP contribution >= 0.6 is 0 Å². The number of esters is 1. The van der Waals surface area contributed by atoms with Gasteiger partial charge in [-0.2, -0.15) is 5.10 Å². The van der Waals surface area contributed by atoms with Crippen LogP contribution in [0.5, 0.6) is 0 Å². The van der Waals surface area contributed by atoms with E-state index in [0.29, 0.717) is 6.54 Å². The van der Waals surface area contributed by atoms with Crippen LogP contribution in [0.1, 0.15) is 31.2 Å². The van der Waals surface area contributed by atoms with Gasteiger partial charge in [-0.05, 0) is 12.5 Å². The first-order valence-corrected chi connectivity index (χ1v) is 5.37. The summed E-state index contributed by atoms with van der Waals surface area (Å²) >= 11 is 0. The van der Waals surface area contributed by atoms with Crippen molar-refractivity contribution in [2.24, 2.45) is 0 Å². The standard InChI is InChI=1S/C11H16N2O4/c1-3-13-7-9(6-12-13)8(4-10(14)15)5-11(16)17-2/h6-8H,3-5H2,1-2H3,(H,14,15). The van der Waals surface area contributed by atoms with E-state index < -0.39 is 11.9 Å². The zero-order valence-electron chi connectivity index (χ0n) is 9.92. The molecule has 6 heteroatoms. The number of carbonyl (C=O) groups is 2. The minimum atomic E-state index is -0.942. The molecule has 1 unspecified atom stereocenters. The minimum Gasteiger partial charge on any atom is -0.481 e. The van der Waals surface area contributed by atoms with Gasteiger partial charge in [-0.1, -0.05) is 0 Å². The number of aliphatic carboxylic acids is 1. The number of aryl methyl sites for hydroxylation is 1. The summed E-state index contributed by atoms with van der Waals surface area (Å²) in [6.07, 6.45) is 3.30. The van der Waals surface area contributed by atoms with E-state index in [4.69, 9.17) is 5.11 Å². The monoisotopic (exact) mass is 240 g/mol. The first kappa shape index (κ1) is 13.2. The second-order valence-electron chi connectivity index (χ2n) is 3.70. The molecule has 0 aliphatic heterocycles. The van der Waals surface area contributed by atoms with Crippen LogP contribution in [0, 0.1) is 0 Å². The van der Waals surface area contributed by atoms with Crippen molar-refractivity contribution in [3.8, 4) is 0 Å². The van der Waals surface area contributed by atoms with Gasteiger partial charge < -0.3 is 9.84 Å². The molecule has 0 saturated heterocycles. The number of rotatable bonds is 6. The molecule has 1 heterocycles. The van der Waals surface area contributed by atoms with E-state index in [1.54, 1.807) is 17.1 Å². The molecule has 1 aromatic heterocycles. The van der Waals surface area contributed by atoms with Gasteiger partial charge in [-0.3, -0.25) is 14.3 Å². The number of hydrogen-bond donors (Lipinski definition) is 1. The quantitative estimate of drug-likeness (QED) is 0.751. The molecule has 1 atom stereocenters. The van der Waals surface area contributed by atoms with E-state index in [-0.39, 0.29) is 18.8 Å². The van der Waals surface area contributed by atoms with Crippen molar-refractivity contribution in [3.63, 3.8) is 0 Å². The molecule has 0 aromatic carbocycles. The predicted octanol–water partition coefficient (Wildman–Crippen LogP) is 1.02. The maximum atomic E-state index is 11.2. The Hall–Kier alpha value is -1.85. The van der Waals surface area contributed by atoms with Crippen LogP contribution in [0.2, 0.25) is 0 Å². The number of ether oxygens (including phenoxy) is 1. The van der Waals surface area contributed by atoms with Gasteiger partial charge in [0.1, 0.15) is 0 Å². The summed E-state index contributed by atoms with van der Waals surface area (Å²) in [6, 6.07) is 0. The molecule has 94 valence electrons. The van der Waals surface area contributed by atoms with Crippen LogP contribution in [-0.4, -0.2) is 33.9 Å². The molecule has 0 aliphatic carbocycles. The fourth-order valence-electron chi connectivity index (χ4n) is 1.57. The van der Waals surface area contributed by atoms with Gasteiger partial charge in [-0.15, -0.1) is 0 Å². The molecule has 0 amide bonds. The molecule has 0 fully saturated rings. The maximum absolute atomic E-state index is 11.2. The molecule has 17 heavy (non-hydrogen) atoms. The van der Waals surface area contributed by atoms with Gasteiger partial charge in [0, 0.05) is 18.7 Å². The van der Waals surface area contributed by atoms with Crippen molar-refractivity contribution >= 4 is 11.9 Å². The SMILES string of the molecule is CCn1cc(C(CC(=O)O)CC(=O)OC)cn1. The van der Waals surface area contributed by atoms with Crippen LogP contribution in [0.4, 0.5) is 0 Å². The molecule has 0 saturated carbocycles. The number of carboxylic acids is 1. The lowest BCUT2D eigenvalue weighted by Gasteiger charge is -2.11. The lowest BCUT2D eigenvalue weighted by molar-refractivity contribution is -0.141. The number of methoxy groups -OCH3 is 1. The largest absolute Gasteiger partial charge is 0.481 e. The lowest BCUT2D eigenvalue weighted by Crippen LogP contribution is -2.12. The van der Waals surface area contributed by atoms with Gasteiger partial charge in [0.15, 0.2) is 0 Å². The van der Waals surface area contributed by atoms with E-state index in [1.165, 1.54) is 7.11 Å². The third-order valence-corrected chi connectivity index (χ3v) is 2.51. The Bertz CT molecular complexity index is 400. The first-order chi connectivity index (χ1) is 8.06. The van der Waals surface area contributed by atoms with E-state index in [9.17, 15) is 9.59 Å². The Morgan fingerprint density at radius 3 is 2.71 bits per heavy atom. The van der Waals surface area contributed by atoms with E-state index >= 15 is 0 Å². The highest BCUT2D eigenvalue weighted by atomic mass is 16.5. The second kappa shape index (κ2) is 6.03. The highest BCUT2D eigenvalue weighted by Crippen LogP contribution is 2.23. The van der Waals surface area contributed by atoms with Gasteiger partial charge in [0.25, 0.3) is 0 Å². The molecule has 0 radical (unpaired) electrons. The van der Waals surface area contributed by atoms with Crippen LogP contribution in [-0.2, 0) is 20.9 Å². The maximum Gasteiger partial charge on any atom is 0.306 e. The molecule has 0 aliphatic rings. The topological polar surface area (TPSA) is 81.4 Å². The second-order valence-corrected chi connectivity index (χ2v) is 3.70. The van der Waals surface area contributed by atoms with Gasteiger partial charge in [-0.25, -0.2) is 0 Å². The molecular weight excluding hydrogens is 224 g/mol. The Labute approximate surface area is 99.2 Å². The third kappa shape index (κ3) is 3.90. The molecule has 1 aromatic rings. The fraction of sp³-hybridized carbons (Fsp3) is 0.545. The van der Waals surface area contributed by atoms with Crippen molar-refractivity contribution in [1.29, 1.82) is 0 Å². The van der Waals surface area contributed by atoms with Crippen molar-refractivity contribution in [2.45, 2.75) is 32.2 Å². The molecule has 1 rings (SSSR count). The summed E-state index contributed by atoms with van der Waals surface area (Å²) in [7, 11) is 1.29. The molecule has 1 N–H and O–H groups in total. The Morgan fingerprint density at radius 1 is 1.53 bits per heavy atom. The average Bonchev–Trinajstić information content (AvgIpc) is 2.75. The van der Waals surface area contributed by atoms with Crippen molar-refractivity contribution in [3.05, 3.63) is 18.0 Å². The fourth-order valence-corrected chi connectivity index (χ4v) is 1.57. The lowest BCUT2D eigenvalue weighted by atomic mass is 9.95. The average molecular weight is 240 g/mol. The van der Waals surface area contributed by atoms with Gasteiger partial charge >= 0.3 is 11.9 Å².